The Labute approximate surface area is 259 Å². The van der Waals surface area contributed by atoms with Crippen LogP contribution >= 0.6 is 24.0 Å². The Kier molecular flexibility index (Phi) is 11.6. The summed E-state index contributed by atoms with van der Waals surface area (Å²) in [5.74, 6) is -0.997. The van der Waals surface area contributed by atoms with E-state index in [4.69, 9.17) is 21.3 Å². The minimum absolute atomic E-state index is 0. The summed E-state index contributed by atoms with van der Waals surface area (Å²) in [4.78, 5) is 33.0. The smallest absolute Gasteiger partial charge is 0.329 e. The number of carboxylic acid groups (broad SMARTS) is 1. The fourth-order valence-corrected chi connectivity index (χ4v) is 5.50. The lowest BCUT2D eigenvalue weighted by Gasteiger charge is -2.34. The largest absolute Gasteiger partial charge is 0.492 e. The van der Waals surface area contributed by atoms with Gasteiger partial charge in [0.2, 0.25) is 0 Å². The van der Waals surface area contributed by atoms with Crippen molar-refractivity contribution in [2.24, 2.45) is 0 Å². The maximum Gasteiger partial charge on any atom is 0.329 e. The monoisotopic (exact) mass is 614 g/mol. The molecule has 8 nitrogen and oxygen atoms in total. The summed E-state index contributed by atoms with van der Waals surface area (Å²) in [7, 11) is 5.76. The number of carbonyl (C=O) groups excluding carboxylic acids is 1. The average Bonchev–Trinajstić information content (AvgIpc) is 2.96. The molecule has 1 aliphatic carbocycles. The van der Waals surface area contributed by atoms with Gasteiger partial charge in [0.25, 0.3) is 5.91 Å². The standard InChI is InChI=1S/C32H39ClN4O4.ClH/c1-21-11-6-7-12-23(21)24-20-26(34-2)29(30(38)36-32(31(39)40)15-8-5-9-16-32)35-28(24)22-13-14-25(33)27(19-22)41-18-10-17-37(3)4;/h6-7,11-14,19-20,34H,5,8-10,15-18H2,1-4H3,(H,36,38)(H,39,40);1H. The Morgan fingerprint density at radius 1 is 1.07 bits per heavy atom. The molecular formula is C32H40Cl2N4O4. The molecule has 0 atom stereocenters. The first kappa shape index (κ1) is 33.2. The number of benzene rings is 2. The fourth-order valence-electron chi connectivity index (χ4n) is 5.33. The van der Waals surface area contributed by atoms with Crippen LogP contribution in [0.15, 0.2) is 48.5 Å². The maximum absolute atomic E-state index is 13.7. The summed E-state index contributed by atoms with van der Waals surface area (Å²) in [5.41, 5.74) is 3.50. The highest BCUT2D eigenvalue weighted by atomic mass is 35.5. The van der Waals surface area contributed by atoms with Crippen LogP contribution < -0.4 is 15.4 Å². The van der Waals surface area contributed by atoms with Crippen LogP contribution in [0.25, 0.3) is 22.4 Å². The van der Waals surface area contributed by atoms with Crippen LogP contribution in [0, 0.1) is 6.92 Å². The first-order chi connectivity index (χ1) is 19.6. The number of amides is 1. The van der Waals surface area contributed by atoms with Crippen molar-refractivity contribution in [3.05, 3.63) is 64.8 Å². The Morgan fingerprint density at radius 2 is 1.79 bits per heavy atom. The molecule has 10 heteroatoms. The molecule has 0 aliphatic heterocycles. The zero-order chi connectivity index (χ0) is 29.6. The molecule has 42 heavy (non-hydrogen) atoms. The number of hydrogen-bond donors (Lipinski definition) is 3. The summed E-state index contributed by atoms with van der Waals surface area (Å²) in [5, 5.41) is 16.5. The van der Waals surface area contributed by atoms with Crippen LogP contribution in [0.5, 0.6) is 5.75 Å². The quantitative estimate of drug-likeness (QED) is 0.207. The third-order valence-corrected chi connectivity index (χ3v) is 7.94. The second kappa shape index (κ2) is 14.7. The lowest BCUT2D eigenvalue weighted by atomic mass is 9.81. The Hall–Kier alpha value is -3.33. The van der Waals surface area contributed by atoms with Crippen molar-refractivity contribution >= 4 is 41.6 Å². The highest BCUT2D eigenvalue weighted by molar-refractivity contribution is 6.32. The van der Waals surface area contributed by atoms with Gasteiger partial charge >= 0.3 is 5.97 Å². The van der Waals surface area contributed by atoms with Gasteiger partial charge in [-0.05, 0) is 69.6 Å². The van der Waals surface area contributed by atoms with Gasteiger partial charge in [-0.25, -0.2) is 9.78 Å². The highest BCUT2D eigenvalue weighted by Gasteiger charge is 2.41. The first-order valence-corrected chi connectivity index (χ1v) is 14.4. The molecule has 2 aromatic carbocycles. The molecule has 4 rings (SSSR count). The van der Waals surface area contributed by atoms with E-state index in [0.717, 1.165) is 54.5 Å². The van der Waals surface area contributed by atoms with Crippen molar-refractivity contribution < 1.29 is 19.4 Å². The van der Waals surface area contributed by atoms with Crippen LogP contribution in [-0.2, 0) is 4.79 Å². The highest BCUT2D eigenvalue weighted by Crippen LogP contribution is 2.39. The van der Waals surface area contributed by atoms with Gasteiger partial charge in [0.15, 0.2) is 5.69 Å². The lowest BCUT2D eigenvalue weighted by Crippen LogP contribution is -2.55. The van der Waals surface area contributed by atoms with Gasteiger partial charge in [-0.2, -0.15) is 0 Å². The van der Waals surface area contributed by atoms with E-state index in [9.17, 15) is 14.7 Å². The fraction of sp³-hybridized carbons (Fsp3) is 0.406. The number of anilines is 1. The molecule has 0 radical (unpaired) electrons. The number of aliphatic carboxylic acids is 1. The van der Waals surface area contributed by atoms with Crippen molar-refractivity contribution in [2.75, 3.05) is 39.6 Å². The van der Waals surface area contributed by atoms with E-state index in [1.807, 2.05) is 63.5 Å². The second-order valence-electron chi connectivity index (χ2n) is 10.9. The van der Waals surface area contributed by atoms with Crippen LogP contribution in [0.3, 0.4) is 0 Å². The van der Waals surface area contributed by atoms with Gasteiger partial charge in [0, 0.05) is 24.7 Å². The second-order valence-corrected chi connectivity index (χ2v) is 11.3. The molecule has 1 heterocycles. The van der Waals surface area contributed by atoms with Gasteiger partial charge in [-0.1, -0.05) is 61.2 Å². The van der Waals surface area contributed by atoms with E-state index >= 15 is 0 Å². The number of aromatic nitrogens is 1. The molecule has 0 bridgehead atoms. The summed E-state index contributed by atoms with van der Waals surface area (Å²) < 4.78 is 6.04. The van der Waals surface area contributed by atoms with Gasteiger partial charge in [0.05, 0.1) is 23.0 Å². The number of carbonyl (C=O) groups is 2. The molecule has 0 saturated heterocycles. The van der Waals surface area contributed by atoms with E-state index < -0.39 is 17.4 Å². The summed E-state index contributed by atoms with van der Waals surface area (Å²) in [6, 6.07) is 15.4. The predicted octanol–water partition coefficient (Wildman–Crippen LogP) is 6.69. The van der Waals surface area contributed by atoms with E-state index in [-0.39, 0.29) is 18.1 Å². The van der Waals surface area contributed by atoms with Gasteiger partial charge in [0.1, 0.15) is 11.3 Å². The van der Waals surface area contributed by atoms with Crippen LogP contribution in [0.2, 0.25) is 5.02 Å². The topological polar surface area (TPSA) is 104 Å². The zero-order valence-electron chi connectivity index (χ0n) is 24.6. The lowest BCUT2D eigenvalue weighted by molar-refractivity contribution is -0.145. The Bertz CT molecular complexity index is 1410. The molecule has 226 valence electrons. The van der Waals surface area contributed by atoms with Crippen molar-refractivity contribution in [1.29, 1.82) is 0 Å². The van der Waals surface area contributed by atoms with Crippen molar-refractivity contribution in [3.8, 4) is 28.1 Å². The van der Waals surface area contributed by atoms with Gasteiger partial charge in [-0.15, -0.1) is 12.4 Å². The van der Waals surface area contributed by atoms with Gasteiger partial charge in [-0.3, -0.25) is 4.79 Å². The zero-order valence-corrected chi connectivity index (χ0v) is 26.2. The molecule has 1 amide bonds. The molecule has 1 fully saturated rings. The number of ether oxygens (including phenoxy) is 1. The molecule has 1 aliphatic rings. The molecule has 3 aromatic rings. The van der Waals surface area contributed by atoms with Crippen LogP contribution in [0.1, 0.15) is 54.6 Å². The minimum atomic E-state index is -1.30. The Balaban J connectivity index is 0.00000484. The molecule has 1 aromatic heterocycles. The minimum Gasteiger partial charge on any atom is -0.492 e. The summed E-state index contributed by atoms with van der Waals surface area (Å²) in [6.45, 7) is 3.42. The number of nitrogens with zero attached hydrogens (tertiary/aromatic N) is 2. The number of nitrogens with one attached hydrogen (secondary N) is 2. The SMILES string of the molecule is CNc1cc(-c2ccccc2C)c(-c2ccc(Cl)c(OCCCN(C)C)c2)nc1C(=O)NC1(C(=O)O)CCCCC1.Cl. The summed E-state index contributed by atoms with van der Waals surface area (Å²) in [6.07, 6.45) is 4.08. The molecular weight excluding hydrogens is 575 g/mol. The van der Waals surface area contributed by atoms with E-state index in [1.54, 1.807) is 13.1 Å². The number of pyridine rings is 1. The maximum atomic E-state index is 13.7. The third-order valence-electron chi connectivity index (χ3n) is 7.62. The molecule has 1 saturated carbocycles. The number of carboxylic acids is 1. The molecule has 0 unspecified atom stereocenters. The van der Waals surface area contributed by atoms with Crippen molar-refractivity contribution in [3.63, 3.8) is 0 Å². The van der Waals surface area contributed by atoms with E-state index in [2.05, 4.69) is 15.5 Å². The van der Waals surface area contributed by atoms with Crippen LogP contribution in [0.4, 0.5) is 5.69 Å². The number of hydrogen-bond acceptors (Lipinski definition) is 6. The van der Waals surface area contributed by atoms with E-state index in [0.29, 0.717) is 41.6 Å². The third kappa shape index (κ3) is 7.54. The normalized spacial score (nSPS) is 14.1. The number of halogens is 2. The molecule has 3 N–H and O–H groups in total. The number of rotatable bonds is 11. The van der Waals surface area contributed by atoms with Crippen molar-refractivity contribution in [1.82, 2.24) is 15.2 Å². The van der Waals surface area contributed by atoms with Gasteiger partial charge < -0.3 is 25.4 Å². The van der Waals surface area contributed by atoms with Crippen molar-refractivity contribution in [2.45, 2.75) is 51.0 Å². The Morgan fingerprint density at radius 3 is 2.43 bits per heavy atom. The summed E-state index contributed by atoms with van der Waals surface area (Å²) >= 11 is 6.50. The average molecular weight is 616 g/mol. The van der Waals surface area contributed by atoms with Crippen LogP contribution in [-0.4, -0.2) is 66.7 Å². The predicted molar refractivity (Wildman–Crippen MR) is 171 cm³/mol. The van der Waals surface area contributed by atoms with E-state index in [1.165, 1.54) is 0 Å². The molecule has 0 spiro atoms. The number of aryl methyl sites for hydroxylation is 1. The first-order valence-electron chi connectivity index (χ1n) is 14.1.